The molecular formula is C16H15Cl2N5OS2. The molecule has 0 spiro atoms. The Morgan fingerprint density at radius 3 is 2.88 bits per heavy atom. The van der Waals surface area contributed by atoms with Gasteiger partial charge in [-0.15, -0.1) is 21.5 Å². The van der Waals surface area contributed by atoms with E-state index in [2.05, 4.69) is 20.5 Å². The number of rotatable bonds is 6. The molecule has 26 heavy (non-hydrogen) atoms. The van der Waals surface area contributed by atoms with Gasteiger partial charge in [-0.3, -0.25) is 4.79 Å². The molecule has 0 saturated carbocycles. The van der Waals surface area contributed by atoms with Crippen molar-refractivity contribution in [1.82, 2.24) is 19.7 Å². The minimum atomic E-state index is -0.408. The van der Waals surface area contributed by atoms with E-state index in [0.717, 1.165) is 10.7 Å². The molecule has 1 amide bonds. The number of thioether (sulfide) groups is 1. The van der Waals surface area contributed by atoms with Gasteiger partial charge < -0.3 is 9.88 Å². The van der Waals surface area contributed by atoms with E-state index in [0.29, 0.717) is 21.7 Å². The van der Waals surface area contributed by atoms with E-state index in [1.807, 2.05) is 29.0 Å². The van der Waals surface area contributed by atoms with Crippen molar-refractivity contribution in [2.45, 2.75) is 30.8 Å². The maximum Gasteiger partial charge on any atom is 0.238 e. The smallest absolute Gasteiger partial charge is 0.238 e. The van der Waals surface area contributed by atoms with Crippen molar-refractivity contribution in [3.63, 3.8) is 0 Å². The van der Waals surface area contributed by atoms with Gasteiger partial charge in [-0.05, 0) is 31.4 Å². The summed E-state index contributed by atoms with van der Waals surface area (Å²) in [6, 6.07) is 5.50. The molecule has 0 saturated heterocycles. The second kappa shape index (κ2) is 8.39. The highest BCUT2D eigenvalue weighted by Crippen LogP contribution is 2.30. The Bertz CT molecular complexity index is 914. The number of thiophene rings is 1. The number of pyridine rings is 1. The summed E-state index contributed by atoms with van der Waals surface area (Å²) in [4.78, 5) is 17.6. The minimum absolute atomic E-state index is 0.227. The Kier molecular flexibility index (Phi) is 6.18. The second-order valence-electron chi connectivity index (χ2n) is 5.26. The molecule has 6 nitrogen and oxygen atoms in total. The number of hydrogen-bond acceptors (Lipinski definition) is 6. The van der Waals surface area contributed by atoms with Crippen LogP contribution in [0.25, 0.3) is 10.7 Å². The number of halogens is 2. The number of amides is 1. The Balaban J connectivity index is 1.73. The van der Waals surface area contributed by atoms with Crippen molar-refractivity contribution in [3.8, 4) is 10.7 Å². The lowest BCUT2D eigenvalue weighted by Gasteiger charge is -2.13. The second-order valence-corrected chi connectivity index (χ2v) is 8.36. The van der Waals surface area contributed by atoms with E-state index in [1.54, 1.807) is 18.3 Å². The van der Waals surface area contributed by atoms with Gasteiger partial charge in [-0.1, -0.05) is 41.0 Å². The van der Waals surface area contributed by atoms with Crippen molar-refractivity contribution in [2.24, 2.45) is 0 Å². The lowest BCUT2D eigenvalue weighted by atomic mass is 10.4. The molecule has 0 aliphatic rings. The molecule has 0 radical (unpaired) electrons. The highest BCUT2D eigenvalue weighted by molar-refractivity contribution is 8.00. The molecule has 0 aliphatic heterocycles. The van der Waals surface area contributed by atoms with Gasteiger partial charge >= 0.3 is 0 Å². The number of nitrogens with zero attached hydrogens (tertiary/aromatic N) is 4. The number of carbonyl (C=O) groups is 1. The molecule has 0 unspecified atom stereocenters. The Morgan fingerprint density at radius 1 is 1.42 bits per heavy atom. The highest BCUT2D eigenvalue weighted by Gasteiger charge is 2.21. The largest absolute Gasteiger partial charge is 0.308 e. The van der Waals surface area contributed by atoms with Crippen LogP contribution in [0.3, 0.4) is 0 Å². The summed E-state index contributed by atoms with van der Waals surface area (Å²) in [5, 5.41) is 14.2. The number of hydrogen-bond donors (Lipinski definition) is 1. The van der Waals surface area contributed by atoms with Crippen LogP contribution in [0.1, 0.15) is 13.8 Å². The Hall–Kier alpha value is -1.61. The van der Waals surface area contributed by atoms with Gasteiger partial charge in [0.2, 0.25) is 5.91 Å². The molecule has 10 heteroatoms. The third-order valence-electron chi connectivity index (χ3n) is 3.48. The summed E-state index contributed by atoms with van der Waals surface area (Å²) in [6.45, 7) is 4.53. The molecule has 0 bridgehead atoms. The summed E-state index contributed by atoms with van der Waals surface area (Å²) >= 11 is 14.8. The predicted molar refractivity (Wildman–Crippen MR) is 107 cm³/mol. The van der Waals surface area contributed by atoms with Crippen LogP contribution in [-0.2, 0) is 11.3 Å². The number of aromatic nitrogens is 4. The van der Waals surface area contributed by atoms with Crippen LogP contribution >= 0.6 is 46.3 Å². The van der Waals surface area contributed by atoms with Crippen LogP contribution in [0.4, 0.5) is 5.82 Å². The molecule has 0 aromatic carbocycles. The number of nitrogens with one attached hydrogen (secondary N) is 1. The fourth-order valence-electron chi connectivity index (χ4n) is 2.19. The van der Waals surface area contributed by atoms with E-state index in [-0.39, 0.29) is 11.7 Å². The average molecular weight is 428 g/mol. The SMILES string of the molecule is CCn1c(S[C@@H](C)C(=O)Nc2ncc(Cl)cc2Cl)nnc1-c1cccs1. The quantitative estimate of drug-likeness (QED) is 0.569. The molecule has 1 N–H and O–H groups in total. The third-order valence-corrected chi connectivity index (χ3v) is 5.92. The van der Waals surface area contributed by atoms with Crippen LogP contribution in [0.15, 0.2) is 34.9 Å². The molecule has 3 rings (SSSR count). The van der Waals surface area contributed by atoms with Gasteiger partial charge in [0.1, 0.15) is 0 Å². The zero-order chi connectivity index (χ0) is 18.7. The van der Waals surface area contributed by atoms with Crippen molar-refractivity contribution in [3.05, 3.63) is 39.8 Å². The van der Waals surface area contributed by atoms with Crippen LogP contribution in [-0.4, -0.2) is 30.9 Å². The van der Waals surface area contributed by atoms with Gasteiger partial charge in [-0.2, -0.15) is 0 Å². The predicted octanol–water partition coefficient (Wildman–Crippen LogP) is 4.85. The average Bonchev–Trinajstić information content (AvgIpc) is 3.26. The van der Waals surface area contributed by atoms with Crippen molar-refractivity contribution in [1.29, 1.82) is 0 Å². The van der Waals surface area contributed by atoms with E-state index < -0.39 is 5.25 Å². The van der Waals surface area contributed by atoms with Gasteiger partial charge in [0.15, 0.2) is 16.8 Å². The zero-order valence-electron chi connectivity index (χ0n) is 13.9. The van der Waals surface area contributed by atoms with E-state index in [9.17, 15) is 4.79 Å². The standard InChI is InChI=1S/C16H15Cl2N5OS2/c1-3-23-14(12-5-4-6-25-12)21-22-16(23)26-9(2)15(24)20-13-11(18)7-10(17)8-19-13/h4-9H,3H2,1-2H3,(H,19,20,24)/t9-/m0/s1. The fraction of sp³-hybridized carbons (Fsp3) is 0.250. The van der Waals surface area contributed by atoms with Crippen LogP contribution in [0, 0.1) is 0 Å². The molecule has 3 heterocycles. The first-order chi connectivity index (χ1) is 12.5. The molecule has 3 aromatic heterocycles. The minimum Gasteiger partial charge on any atom is -0.308 e. The zero-order valence-corrected chi connectivity index (χ0v) is 17.1. The molecule has 1 atom stereocenters. The third kappa shape index (κ3) is 4.20. The number of anilines is 1. The Morgan fingerprint density at radius 2 is 2.23 bits per heavy atom. The number of carbonyl (C=O) groups excluding carboxylic acids is 1. The lowest BCUT2D eigenvalue weighted by Crippen LogP contribution is -2.23. The highest BCUT2D eigenvalue weighted by atomic mass is 35.5. The van der Waals surface area contributed by atoms with Crippen LogP contribution in [0.5, 0.6) is 0 Å². The Labute approximate surface area is 168 Å². The van der Waals surface area contributed by atoms with Crippen molar-refractivity contribution < 1.29 is 4.79 Å². The summed E-state index contributed by atoms with van der Waals surface area (Å²) < 4.78 is 1.99. The molecule has 0 aliphatic carbocycles. The summed E-state index contributed by atoms with van der Waals surface area (Å²) in [6.07, 6.45) is 1.43. The lowest BCUT2D eigenvalue weighted by molar-refractivity contribution is -0.115. The first kappa shape index (κ1) is 19.2. The first-order valence-electron chi connectivity index (χ1n) is 7.75. The topological polar surface area (TPSA) is 72.7 Å². The van der Waals surface area contributed by atoms with Crippen molar-refractivity contribution >= 4 is 58.0 Å². The maximum absolute atomic E-state index is 12.5. The molecule has 136 valence electrons. The summed E-state index contributed by atoms with van der Waals surface area (Å²) in [7, 11) is 0. The van der Waals surface area contributed by atoms with Crippen LogP contribution in [0.2, 0.25) is 10.0 Å². The summed E-state index contributed by atoms with van der Waals surface area (Å²) in [5.74, 6) is 0.861. The molecule has 3 aromatic rings. The van der Waals surface area contributed by atoms with E-state index in [1.165, 1.54) is 24.0 Å². The molecule has 0 fully saturated rings. The van der Waals surface area contributed by atoms with Gasteiger partial charge in [0, 0.05) is 12.7 Å². The van der Waals surface area contributed by atoms with Gasteiger partial charge in [-0.25, -0.2) is 4.98 Å². The van der Waals surface area contributed by atoms with E-state index >= 15 is 0 Å². The first-order valence-corrected chi connectivity index (χ1v) is 10.3. The van der Waals surface area contributed by atoms with Crippen LogP contribution < -0.4 is 5.32 Å². The van der Waals surface area contributed by atoms with Gasteiger partial charge in [0.05, 0.1) is 20.2 Å². The normalized spacial score (nSPS) is 12.2. The maximum atomic E-state index is 12.5. The summed E-state index contributed by atoms with van der Waals surface area (Å²) in [5.41, 5.74) is 0. The van der Waals surface area contributed by atoms with Gasteiger partial charge in [0.25, 0.3) is 0 Å². The fourth-order valence-corrected chi connectivity index (χ4v) is 4.24. The molecular weight excluding hydrogens is 413 g/mol. The monoisotopic (exact) mass is 427 g/mol. The van der Waals surface area contributed by atoms with Crippen molar-refractivity contribution in [2.75, 3.05) is 5.32 Å². The van der Waals surface area contributed by atoms with E-state index in [4.69, 9.17) is 23.2 Å².